The Bertz CT molecular complexity index is 924. The number of nitrogens with zero attached hydrogens (tertiary/aromatic N) is 2. The van der Waals surface area contributed by atoms with Gasteiger partial charge in [-0.15, -0.1) is 53.6 Å². The van der Waals surface area contributed by atoms with Crippen LogP contribution in [0.5, 0.6) is 0 Å². The van der Waals surface area contributed by atoms with Crippen molar-refractivity contribution in [3.05, 3.63) is 115 Å². The molecular weight excluding hydrogens is 375 g/mol. The van der Waals surface area contributed by atoms with Crippen molar-refractivity contribution in [3.8, 4) is 28.6 Å². The smallest absolute Gasteiger partial charge is 0.366 e. The Hall–Kier alpha value is -3.21. The molecule has 132 valence electrons. The fourth-order valence-corrected chi connectivity index (χ4v) is 2.32. The molecule has 27 heavy (non-hydrogen) atoms. The van der Waals surface area contributed by atoms with Crippen LogP contribution >= 0.6 is 0 Å². The first kappa shape index (κ1) is 20.1. The molecule has 4 aromatic rings. The summed E-state index contributed by atoms with van der Waals surface area (Å²) < 4.78 is 0. The number of aromatic nitrogens is 2. The van der Waals surface area contributed by atoms with E-state index in [2.05, 4.69) is 22.0 Å². The molecule has 0 radical (unpaired) electrons. The minimum absolute atomic E-state index is 0. The fraction of sp³-hybridized carbons (Fsp3) is 0. The minimum Gasteiger partial charge on any atom is -0.366 e. The van der Waals surface area contributed by atoms with Gasteiger partial charge in [-0.05, 0) is 23.9 Å². The molecule has 0 aliphatic rings. The molecule has 0 spiro atoms. The Labute approximate surface area is 170 Å². The van der Waals surface area contributed by atoms with Crippen molar-refractivity contribution in [1.29, 1.82) is 0 Å². The van der Waals surface area contributed by atoms with E-state index in [1.807, 2.05) is 91.0 Å². The van der Waals surface area contributed by atoms with Gasteiger partial charge in [0.25, 0.3) is 0 Å². The van der Waals surface area contributed by atoms with Gasteiger partial charge in [0.2, 0.25) is 0 Å². The summed E-state index contributed by atoms with van der Waals surface area (Å²) in [5.74, 6) is 2.28. The number of hydrogen-bond donors (Lipinski definition) is 0. The van der Waals surface area contributed by atoms with E-state index < -0.39 is 0 Å². The van der Waals surface area contributed by atoms with Gasteiger partial charge in [-0.2, -0.15) is 0 Å². The van der Waals surface area contributed by atoms with Crippen LogP contribution in [0.25, 0.3) is 22.6 Å². The summed E-state index contributed by atoms with van der Waals surface area (Å²) in [5.41, 5.74) is 4.50. The van der Waals surface area contributed by atoms with Crippen LogP contribution in [0.1, 0.15) is 5.56 Å². The summed E-state index contributed by atoms with van der Waals surface area (Å²) in [5, 5.41) is 0. The molecule has 0 amide bonds. The van der Waals surface area contributed by atoms with E-state index in [-0.39, 0.29) is 16.5 Å². The molecule has 0 N–H and O–H groups in total. The van der Waals surface area contributed by atoms with Crippen LogP contribution in [0.15, 0.2) is 97.2 Å². The first-order valence-electron chi connectivity index (χ1n) is 8.20. The Morgan fingerprint density at radius 2 is 1.41 bits per heavy atom. The Morgan fingerprint density at radius 1 is 0.704 bits per heavy atom. The van der Waals surface area contributed by atoms with Gasteiger partial charge in [0.15, 0.2) is 0 Å². The SMILES string of the molecule is [C-]#Cc1ccccc1.[Ni+2].[c-]1ccccc1-c1cccc(-c2ccccn2)n1. The second-order valence-corrected chi connectivity index (χ2v) is 5.39. The number of rotatable bonds is 2. The van der Waals surface area contributed by atoms with Crippen molar-refractivity contribution in [2.75, 3.05) is 0 Å². The molecule has 0 unspecified atom stereocenters. The van der Waals surface area contributed by atoms with Crippen molar-refractivity contribution in [3.63, 3.8) is 0 Å². The van der Waals surface area contributed by atoms with Crippen molar-refractivity contribution in [2.45, 2.75) is 0 Å². The molecule has 4 rings (SSSR count). The van der Waals surface area contributed by atoms with Crippen molar-refractivity contribution >= 4 is 0 Å². The van der Waals surface area contributed by atoms with Gasteiger partial charge in [-0.1, -0.05) is 36.4 Å². The molecular formula is C24H16N2Ni. The molecule has 0 atom stereocenters. The van der Waals surface area contributed by atoms with Gasteiger partial charge in [0, 0.05) is 6.20 Å². The largest absolute Gasteiger partial charge is 2.00 e. The summed E-state index contributed by atoms with van der Waals surface area (Å²) in [4.78, 5) is 8.93. The number of benzene rings is 2. The van der Waals surface area contributed by atoms with Crippen LogP contribution < -0.4 is 0 Å². The van der Waals surface area contributed by atoms with Gasteiger partial charge in [0.1, 0.15) is 0 Å². The predicted molar refractivity (Wildman–Crippen MR) is 104 cm³/mol. The van der Waals surface area contributed by atoms with E-state index in [0.29, 0.717) is 0 Å². The second kappa shape index (κ2) is 10.7. The third-order valence-electron chi connectivity index (χ3n) is 3.58. The van der Waals surface area contributed by atoms with Crippen LogP contribution in [-0.2, 0) is 16.5 Å². The van der Waals surface area contributed by atoms with Gasteiger partial charge in [-0.3, -0.25) is 15.9 Å². The first-order chi connectivity index (χ1) is 12.9. The normalized spacial score (nSPS) is 9.15. The summed E-state index contributed by atoms with van der Waals surface area (Å²) in [7, 11) is 0. The van der Waals surface area contributed by atoms with Crippen LogP contribution in [-0.4, -0.2) is 9.97 Å². The summed E-state index contributed by atoms with van der Waals surface area (Å²) in [6, 6.07) is 32.2. The summed E-state index contributed by atoms with van der Waals surface area (Å²) >= 11 is 0. The monoisotopic (exact) mass is 390 g/mol. The third-order valence-corrected chi connectivity index (χ3v) is 3.58. The van der Waals surface area contributed by atoms with E-state index in [1.54, 1.807) is 6.20 Å². The van der Waals surface area contributed by atoms with E-state index in [0.717, 1.165) is 28.2 Å². The van der Waals surface area contributed by atoms with E-state index in [1.165, 1.54) is 0 Å². The maximum Gasteiger partial charge on any atom is 2.00 e. The zero-order valence-corrected chi connectivity index (χ0v) is 15.4. The molecule has 2 aromatic carbocycles. The molecule has 0 aliphatic heterocycles. The van der Waals surface area contributed by atoms with Crippen LogP contribution in [0, 0.1) is 18.4 Å². The van der Waals surface area contributed by atoms with Crippen molar-refractivity contribution < 1.29 is 16.5 Å². The average Bonchev–Trinajstić information content (AvgIpc) is 2.76. The standard InChI is InChI=1S/C16H11N2.C8H5.Ni/c1-2-7-13(8-3-1)14-10-6-11-16(18-14)15-9-4-5-12-17-15;1-2-8-6-4-3-5-7-8;/h1-7,9-12H;3-7H;/q2*-1;+2. The molecule has 0 saturated carbocycles. The van der Waals surface area contributed by atoms with Gasteiger partial charge in [-0.25, -0.2) is 0 Å². The van der Waals surface area contributed by atoms with E-state index >= 15 is 0 Å². The van der Waals surface area contributed by atoms with Gasteiger partial charge < -0.3 is 6.42 Å². The topological polar surface area (TPSA) is 25.8 Å². The molecule has 3 heteroatoms. The van der Waals surface area contributed by atoms with Gasteiger partial charge in [0.05, 0.1) is 11.4 Å². The number of pyridine rings is 2. The maximum atomic E-state index is 6.69. The minimum atomic E-state index is 0. The summed E-state index contributed by atoms with van der Waals surface area (Å²) in [6.07, 6.45) is 8.47. The first-order valence-corrected chi connectivity index (χ1v) is 8.20. The molecule has 0 saturated heterocycles. The van der Waals surface area contributed by atoms with E-state index in [9.17, 15) is 0 Å². The molecule has 0 aliphatic carbocycles. The van der Waals surface area contributed by atoms with Crippen LogP contribution in [0.4, 0.5) is 0 Å². The zero-order valence-electron chi connectivity index (χ0n) is 14.4. The van der Waals surface area contributed by atoms with E-state index in [4.69, 9.17) is 6.42 Å². The average molecular weight is 391 g/mol. The van der Waals surface area contributed by atoms with Crippen molar-refractivity contribution in [2.24, 2.45) is 0 Å². The molecule has 2 aromatic heterocycles. The van der Waals surface area contributed by atoms with Gasteiger partial charge >= 0.3 is 16.5 Å². The summed E-state index contributed by atoms with van der Waals surface area (Å²) in [6.45, 7) is 0. The third kappa shape index (κ3) is 5.92. The Balaban J connectivity index is 0.000000247. The fourth-order valence-electron chi connectivity index (χ4n) is 2.32. The van der Waals surface area contributed by atoms with Crippen LogP contribution in [0.2, 0.25) is 0 Å². The number of hydrogen-bond acceptors (Lipinski definition) is 2. The zero-order chi connectivity index (χ0) is 18.0. The molecule has 2 heterocycles. The predicted octanol–water partition coefficient (Wildman–Crippen LogP) is 5.23. The maximum absolute atomic E-state index is 6.69. The van der Waals surface area contributed by atoms with Crippen LogP contribution in [0.3, 0.4) is 0 Å². The Kier molecular flexibility index (Phi) is 7.98. The molecule has 0 bridgehead atoms. The van der Waals surface area contributed by atoms with Crippen molar-refractivity contribution in [1.82, 2.24) is 9.97 Å². The molecule has 0 fully saturated rings. The Morgan fingerprint density at radius 3 is 2.04 bits per heavy atom. The molecule has 2 nitrogen and oxygen atoms in total. The second-order valence-electron chi connectivity index (χ2n) is 5.39. The quantitative estimate of drug-likeness (QED) is 0.266.